The number of rotatable bonds is 15. The molecule has 0 aliphatic rings. The number of ether oxygens (including phenoxy) is 3. The number of nitro benzene ring substituents is 1. The van der Waals surface area contributed by atoms with Crippen molar-refractivity contribution in [1.29, 1.82) is 0 Å². The van der Waals surface area contributed by atoms with Gasteiger partial charge in [-0.05, 0) is 47.1 Å². The molecule has 0 aliphatic carbocycles. The molecule has 0 saturated heterocycles. The van der Waals surface area contributed by atoms with Gasteiger partial charge >= 0.3 is 11.7 Å². The summed E-state index contributed by atoms with van der Waals surface area (Å²) in [4.78, 5) is 35.4. The summed E-state index contributed by atoms with van der Waals surface area (Å²) in [5.41, 5.74) is 0.956. The zero-order valence-corrected chi connectivity index (χ0v) is 21.4. The Hall–Kier alpha value is -3.87. The maximum absolute atomic E-state index is 12.1. The fourth-order valence-corrected chi connectivity index (χ4v) is 4.45. The van der Waals surface area contributed by atoms with Crippen LogP contribution in [0.4, 0.5) is 11.4 Å². The molecule has 1 heterocycles. The lowest BCUT2D eigenvalue weighted by Crippen LogP contribution is -2.15. The fourth-order valence-electron chi connectivity index (χ4n) is 3.45. The molecule has 0 aliphatic heterocycles. The number of amides is 1. The van der Waals surface area contributed by atoms with E-state index in [0.29, 0.717) is 29.3 Å². The Balaban J connectivity index is 1.25. The van der Waals surface area contributed by atoms with Gasteiger partial charge in [-0.2, -0.15) is 0 Å². The molecule has 0 spiro atoms. The highest BCUT2D eigenvalue weighted by Crippen LogP contribution is 2.32. The van der Waals surface area contributed by atoms with Crippen molar-refractivity contribution in [3.05, 3.63) is 40.4 Å². The topological polar surface area (TPSA) is 156 Å². The number of anilines is 1. The van der Waals surface area contributed by atoms with Gasteiger partial charge in [-0.15, -0.1) is 11.8 Å². The number of methoxy groups -OCH3 is 2. The zero-order chi connectivity index (χ0) is 26.6. The molecule has 1 aromatic heterocycles. The maximum atomic E-state index is 12.1. The average molecular weight is 533 g/mol. The molecule has 13 heteroatoms. The van der Waals surface area contributed by atoms with E-state index in [1.165, 1.54) is 32.0 Å². The van der Waals surface area contributed by atoms with Gasteiger partial charge in [0.2, 0.25) is 11.4 Å². The molecule has 37 heavy (non-hydrogen) atoms. The highest BCUT2D eigenvalue weighted by molar-refractivity contribution is 7.99. The Kier molecular flexibility index (Phi) is 10.5. The average Bonchev–Trinajstić information content (AvgIpc) is 3.39. The van der Waals surface area contributed by atoms with Crippen molar-refractivity contribution >= 4 is 46.0 Å². The molecule has 0 radical (unpaired) electrons. The van der Waals surface area contributed by atoms with Crippen LogP contribution in [-0.4, -0.2) is 53.7 Å². The first kappa shape index (κ1) is 27.7. The van der Waals surface area contributed by atoms with E-state index in [0.717, 1.165) is 36.3 Å². The number of hydrogen-bond acceptors (Lipinski definition) is 11. The molecule has 0 bridgehead atoms. The number of esters is 1. The van der Waals surface area contributed by atoms with Gasteiger partial charge < -0.3 is 19.5 Å². The summed E-state index contributed by atoms with van der Waals surface area (Å²) in [6.07, 6.45) is 3.47. The summed E-state index contributed by atoms with van der Waals surface area (Å²) in [5, 5.41) is 21.2. The second-order valence-corrected chi connectivity index (χ2v) is 9.04. The first-order chi connectivity index (χ1) is 17.9. The molecular formula is C24H28N4O8S. The van der Waals surface area contributed by atoms with E-state index in [9.17, 15) is 19.7 Å². The predicted octanol–water partition coefficient (Wildman–Crippen LogP) is 4.76. The fraction of sp³-hybridized carbons (Fsp3) is 0.417. The van der Waals surface area contributed by atoms with Crippen LogP contribution in [0.2, 0.25) is 0 Å². The quantitative estimate of drug-likeness (QED) is 0.0946. The normalized spacial score (nSPS) is 10.8. The molecular weight excluding hydrogens is 504 g/mol. The third kappa shape index (κ3) is 8.07. The van der Waals surface area contributed by atoms with Crippen LogP contribution < -0.4 is 14.8 Å². The van der Waals surface area contributed by atoms with Crippen molar-refractivity contribution in [1.82, 2.24) is 10.3 Å². The number of carbonyl (C=O) groups excluding carboxylic acids is 2. The van der Waals surface area contributed by atoms with Gasteiger partial charge in [0.05, 0.1) is 32.2 Å². The van der Waals surface area contributed by atoms with Crippen LogP contribution in [0.3, 0.4) is 0 Å². The van der Waals surface area contributed by atoms with Gasteiger partial charge in [0, 0.05) is 29.1 Å². The monoisotopic (exact) mass is 532 g/mol. The first-order valence-corrected chi connectivity index (χ1v) is 12.6. The van der Waals surface area contributed by atoms with Gasteiger partial charge in [-0.1, -0.05) is 12.8 Å². The summed E-state index contributed by atoms with van der Waals surface area (Å²) >= 11 is 1.54. The lowest BCUT2D eigenvalue weighted by Gasteiger charge is -2.10. The van der Waals surface area contributed by atoms with Crippen molar-refractivity contribution in [2.24, 2.45) is 0 Å². The van der Waals surface area contributed by atoms with Crippen molar-refractivity contribution in [2.45, 2.75) is 43.4 Å². The molecule has 3 aromatic rings. The summed E-state index contributed by atoms with van der Waals surface area (Å²) in [6.45, 7) is 0.302. The second kappa shape index (κ2) is 14.0. The minimum Gasteiger partial charge on any atom is -0.493 e. The van der Waals surface area contributed by atoms with Crippen LogP contribution in [0.15, 0.2) is 39.9 Å². The highest BCUT2D eigenvalue weighted by Gasteiger charge is 2.19. The number of nitro groups is 1. The molecule has 12 nitrogen and oxygen atoms in total. The smallest absolute Gasteiger partial charge is 0.306 e. The van der Waals surface area contributed by atoms with Crippen LogP contribution in [0.5, 0.6) is 11.5 Å². The van der Waals surface area contributed by atoms with Crippen LogP contribution in [0.1, 0.15) is 38.5 Å². The standard InChI is InChI=1S/C24H28N4O8S/c1-33-18-9-7-16(15-19(18)34-2)25-21(29)11-12-22(30)35-13-5-3-4-6-14-37-20-10-8-17(28(31)32)23-24(20)27-36-26-23/h7-10,15H,3-6,11-14H2,1-2H3,(H,25,29). The largest absolute Gasteiger partial charge is 0.493 e. The van der Waals surface area contributed by atoms with E-state index in [4.69, 9.17) is 14.2 Å². The number of thioether (sulfide) groups is 1. The lowest BCUT2D eigenvalue weighted by atomic mass is 10.2. The molecule has 1 N–H and O–H groups in total. The van der Waals surface area contributed by atoms with Crippen molar-refractivity contribution < 1.29 is 33.4 Å². The van der Waals surface area contributed by atoms with E-state index >= 15 is 0 Å². The number of fused-ring (bicyclic) bond motifs is 1. The predicted molar refractivity (Wildman–Crippen MR) is 136 cm³/mol. The van der Waals surface area contributed by atoms with Gasteiger partial charge in [0.1, 0.15) is 0 Å². The molecule has 0 saturated carbocycles. The third-order valence-electron chi connectivity index (χ3n) is 5.34. The number of hydrogen-bond donors (Lipinski definition) is 1. The summed E-state index contributed by atoms with van der Waals surface area (Å²) in [7, 11) is 3.04. The van der Waals surface area contributed by atoms with Gasteiger partial charge in [0.15, 0.2) is 17.0 Å². The van der Waals surface area contributed by atoms with Gasteiger partial charge in [0.25, 0.3) is 0 Å². The Morgan fingerprint density at radius 1 is 1.00 bits per heavy atom. The summed E-state index contributed by atoms with van der Waals surface area (Å²) < 4.78 is 20.3. The molecule has 3 rings (SSSR count). The van der Waals surface area contributed by atoms with Gasteiger partial charge in [-0.25, -0.2) is 4.63 Å². The van der Waals surface area contributed by atoms with Crippen LogP contribution >= 0.6 is 11.8 Å². The van der Waals surface area contributed by atoms with Gasteiger partial charge in [-0.3, -0.25) is 19.7 Å². The number of carbonyl (C=O) groups is 2. The van der Waals surface area contributed by atoms with Crippen LogP contribution in [0.25, 0.3) is 11.0 Å². The minimum absolute atomic E-state index is 0.00360. The Morgan fingerprint density at radius 3 is 2.51 bits per heavy atom. The van der Waals surface area contributed by atoms with Crippen molar-refractivity contribution in [3.63, 3.8) is 0 Å². The number of aromatic nitrogens is 2. The first-order valence-electron chi connectivity index (χ1n) is 11.6. The van der Waals surface area contributed by atoms with E-state index in [-0.39, 0.29) is 30.0 Å². The summed E-state index contributed by atoms with van der Waals surface area (Å²) in [5.74, 6) is 1.14. The second-order valence-electron chi connectivity index (χ2n) is 7.90. The Labute approximate surface area is 217 Å². The van der Waals surface area contributed by atoms with Crippen molar-refractivity contribution in [3.8, 4) is 11.5 Å². The van der Waals surface area contributed by atoms with Crippen molar-refractivity contribution in [2.75, 3.05) is 31.9 Å². The minimum atomic E-state index is -0.511. The van der Waals surface area contributed by atoms with E-state index in [1.807, 2.05) is 0 Å². The number of nitrogens with zero attached hydrogens (tertiary/aromatic N) is 3. The molecule has 2 aromatic carbocycles. The third-order valence-corrected chi connectivity index (χ3v) is 6.47. The lowest BCUT2D eigenvalue weighted by molar-refractivity contribution is -0.383. The number of nitrogens with one attached hydrogen (secondary N) is 1. The zero-order valence-electron chi connectivity index (χ0n) is 20.6. The van der Waals surface area contributed by atoms with E-state index in [2.05, 4.69) is 20.3 Å². The number of non-ortho nitro benzene ring substituents is 1. The molecule has 1 amide bonds. The number of unbranched alkanes of at least 4 members (excludes halogenated alkanes) is 3. The molecule has 0 unspecified atom stereocenters. The SMILES string of the molecule is COc1ccc(NC(=O)CCC(=O)OCCCCCCSc2ccc([N+](=O)[O-])c3nonc23)cc1OC. The Morgan fingerprint density at radius 2 is 1.76 bits per heavy atom. The maximum Gasteiger partial charge on any atom is 0.306 e. The molecule has 0 atom stereocenters. The number of benzene rings is 2. The Bertz CT molecular complexity index is 1230. The molecule has 198 valence electrons. The van der Waals surface area contributed by atoms with E-state index < -0.39 is 10.9 Å². The van der Waals surface area contributed by atoms with Crippen LogP contribution in [-0.2, 0) is 14.3 Å². The summed E-state index contributed by atoms with van der Waals surface area (Å²) in [6, 6.07) is 8.08. The highest BCUT2D eigenvalue weighted by atomic mass is 32.2. The molecule has 0 fully saturated rings. The van der Waals surface area contributed by atoms with Crippen LogP contribution in [0, 0.1) is 10.1 Å². The van der Waals surface area contributed by atoms with E-state index in [1.54, 1.807) is 24.3 Å².